The molecule has 0 spiro atoms. The van der Waals surface area contributed by atoms with E-state index in [9.17, 15) is 14.7 Å². The third-order valence-corrected chi connectivity index (χ3v) is 4.56. The van der Waals surface area contributed by atoms with Gasteiger partial charge in [0.25, 0.3) is 5.91 Å². The van der Waals surface area contributed by atoms with Crippen molar-refractivity contribution in [1.29, 1.82) is 0 Å². The van der Waals surface area contributed by atoms with Crippen molar-refractivity contribution < 1.29 is 19.4 Å². The van der Waals surface area contributed by atoms with E-state index in [4.69, 9.17) is 4.74 Å². The van der Waals surface area contributed by atoms with E-state index in [1.54, 1.807) is 6.92 Å². The summed E-state index contributed by atoms with van der Waals surface area (Å²) < 4.78 is 5.34. The summed E-state index contributed by atoms with van der Waals surface area (Å²) in [6.07, 6.45) is 4.97. The van der Waals surface area contributed by atoms with Crippen LogP contribution in [-0.4, -0.2) is 44.0 Å². The Labute approximate surface area is 147 Å². The van der Waals surface area contributed by atoms with Crippen LogP contribution in [0.25, 0.3) is 17.0 Å². The van der Waals surface area contributed by atoms with Crippen molar-refractivity contribution in [2.45, 2.75) is 25.7 Å². The highest BCUT2D eigenvalue weighted by atomic mass is 16.5. The zero-order valence-corrected chi connectivity index (χ0v) is 14.1. The van der Waals surface area contributed by atoms with Gasteiger partial charge in [0.05, 0.1) is 12.8 Å². The molecule has 1 saturated carbocycles. The number of ether oxygens (including phenoxy) is 1. The highest BCUT2D eigenvalue weighted by Crippen LogP contribution is 2.44. The monoisotopic (exact) mass is 353 g/mol. The number of hydrogen-bond donors (Lipinski definition) is 1. The smallest absolute Gasteiger partial charge is 0.320 e. The van der Waals surface area contributed by atoms with Crippen LogP contribution in [0, 0.1) is 5.92 Å². The molecule has 1 unspecified atom stereocenters. The maximum Gasteiger partial charge on any atom is 0.320 e. The molecule has 2 aromatic rings. The van der Waals surface area contributed by atoms with Gasteiger partial charge in [-0.25, -0.2) is 19.9 Å². The molecule has 2 aliphatic rings. The fourth-order valence-electron chi connectivity index (χ4n) is 3.07. The van der Waals surface area contributed by atoms with Crippen molar-refractivity contribution in [3.8, 4) is 17.3 Å². The van der Waals surface area contributed by atoms with Crippen molar-refractivity contribution in [3.05, 3.63) is 28.9 Å². The second-order valence-electron chi connectivity index (χ2n) is 6.25. The van der Waals surface area contributed by atoms with Gasteiger partial charge in [0, 0.05) is 17.3 Å². The van der Waals surface area contributed by atoms with Crippen molar-refractivity contribution >= 4 is 17.4 Å². The number of hydrogen-bond acceptors (Lipinski definition) is 7. The van der Waals surface area contributed by atoms with E-state index in [0.717, 1.165) is 18.5 Å². The predicted molar refractivity (Wildman–Crippen MR) is 87.6 cm³/mol. The second kappa shape index (κ2) is 5.94. The average molecular weight is 353 g/mol. The van der Waals surface area contributed by atoms with E-state index in [1.165, 1.54) is 19.6 Å². The first-order chi connectivity index (χ1) is 12.5. The van der Waals surface area contributed by atoms with Gasteiger partial charge < -0.3 is 9.84 Å². The van der Waals surface area contributed by atoms with Gasteiger partial charge >= 0.3 is 5.97 Å². The number of nitrogens with zero attached hydrogens (tertiary/aromatic N) is 5. The lowest BCUT2D eigenvalue weighted by Gasteiger charge is -2.14. The van der Waals surface area contributed by atoms with Crippen LogP contribution in [0.4, 0.5) is 0 Å². The molecule has 4 rings (SSSR count). The molecule has 1 atom stereocenters. The molecular formula is C17H15N5O4. The van der Waals surface area contributed by atoms with Gasteiger partial charge in [-0.3, -0.25) is 9.59 Å². The van der Waals surface area contributed by atoms with Crippen molar-refractivity contribution in [1.82, 2.24) is 19.9 Å². The van der Waals surface area contributed by atoms with Crippen LogP contribution < -0.4 is 15.4 Å². The van der Waals surface area contributed by atoms with Gasteiger partial charge in [0.15, 0.2) is 17.2 Å². The minimum atomic E-state index is -1.30. The number of carbonyl (C=O) groups excluding carboxylic acids is 1. The molecule has 9 nitrogen and oxygen atoms in total. The van der Waals surface area contributed by atoms with Crippen LogP contribution in [0.2, 0.25) is 0 Å². The van der Waals surface area contributed by atoms with Crippen LogP contribution >= 0.6 is 0 Å². The molecule has 1 fully saturated rings. The highest BCUT2D eigenvalue weighted by molar-refractivity contribution is 6.06. The summed E-state index contributed by atoms with van der Waals surface area (Å²) in [4.78, 5) is 44.5. The maximum atomic E-state index is 12.1. The molecule has 132 valence electrons. The number of methoxy groups -OCH3 is 1. The van der Waals surface area contributed by atoms with Gasteiger partial charge in [-0.1, -0.05) is 0 Å². The summed E-state index contributed by atoms with van der Waals surface area (Å²) in [5.74, 6) is -2.31. The molecular weight excluding hydrogens is 338 g/mol. The Bertz CT molecular complexity index is 1060. The molecule has 9 heteroatoms. The van der Waals surface area contributed by atoms with E-state index in [-0.39, 0.29) is 5.49 Å². The molecule has 2 aromatic heterocycles. The van der Waals surface area contributed by atoms with Crippen LogP contribution in [0.15, 0.2) is 17.5 Å². The minimum Gasteiger partial charge on any atom is -0.480 e. The van der Waals surface area contributed by atoms with Crippen LogP contribution in [0.1, 0.15) is 31.4 Å². The SMILES string of the molecule is COc1ncnc(C2CC2)c1-c1ncc2c(n1)=NC(=O)C(C(=O)O)C=2C. The largest absolute Gasteiger partial charge is 0.480 e. The van der Waals surface area contributed by atoms with E-state index in [0.29, 0.717) is 34.0 Å². The maximum absolute atomic E-state index is 12.1. The highest BCUT2D eigenvalue weighted by Gasteiger charge is 2.33. The number of amides is 1. The summed E-state index contributed by atoms with van der Waals surface area (Å²) in [5.41, 5.74) is 1.92. The number of rotatable bonds is 4. The van der Waals surface area contributed by atoms with Crippen molar-refractivity contribution in [2.75, 3.05) is 7.11 Å². The molecule has 0 bridgehead atoms. The minimum absolute atomic E-state index is 0.155. The average Bonchev–Trinajstić information content (AvgIpc) is 3.45. The van der Waals surface area contributed by atoms with Gasteiger partial charge in [-0.2, -0.15) is 4.99 Å². The first-order valence-electron chi connectivity index (χ1n) is 8.09. The zero-order chi connectivity index (χ0) is 18.4. The molecule has 1 amide bonds. The molecule has 0 aromatic carbocycles. The Morgan fingerprint density at radius 1 is 1.27 bits per heavy atom. The number of aliphatic carboxylic acids is 1. The molecule has 0 radical (unpaired) electrons. The van der Waals surface area contributed by atoms with E-state index >= 15 is 0 Å². The fourth-order valence-corrected chi connectivity index (χ4v) is 3.07. The molecule has 1 N–H and O–H groups in total. The number of aromatic nitrogens is 4. The topological polar surface area (TPSA) is 128 Å². The normalized spacial score (nSPS) is 18.9. The van der Waals surface area contributed by atoms with E-state index < -0.39 is 17.8 Å². The summed E-state index contributed by atoms with van der Waals surface area (Å²) >= 11 is 0. The van der Waals surface area contributed by atoms with Crippen LogP contribution in [0.5, 0.6) is 5.88 Å². The van der Waals surface area contributed by atoms with Gasteiger partial charge in [0.1, 0.15) is 11.9 Å². The van der Waals surface area contributed by atoms with Crippen molar-refractivity contribution in [2.24, 2.45) is 10.9 Å². The number of carbonyl (C=O) groups is 2. The zero-order valence-electron chi connectivity index (χ0n) is 14.1. The molecule has 1 aliphatic carbocycles. The molecule has 26 heavy (non-hydrogen) atoms. The molecule has 1 aliphatic heterocycles. The van der Waals surface area contributed by atoms with E-state index in [2.05, 4.69) is 24.9 Å². The Morgan fingerprint density at radius 2 is 2.04 bits per heavy atom. The lowest BCUT2D eigenvalue weighted by Crippen LogP contribution is -2.42. The fraction of sp³-hybridized carbons (Fsp3) is 0.353. The van der Waals surface area contributed by atoms with Gasteiger partial charge in [0.2, 0.25) is 5.88 Å². The lowest BCUT2D eigenvalue weighted by atomic mass is 9.96. The van der Waals surface area contributed by atoms with Gasteiger partial charge in [-0.15, -0.1) is 0 Å². The first kappa shape index (κ1) is 16.2. The third kappa shape index (κ3) is 2.52. The molecule has 0 saturated heterocycles. The first-order valence-corrected chi connectivity index (χ1v) is 8.09. The van der Waals surface area contributed by atoms with Crippen LogP contribution in [0.3, 0.4) is 0 Å². The van der Waals surface area contributed by atoms with Crippen LogP contribution in [-0.2, 0) is 9.59 Å². The quantitative estimate of drug-likeness (QED) is 0.752. The Balaban J connectivity index is 1.94. The lowest BCUT2D eigenvalue weighted by molar-refractivity contribution is -0.143. The Kier molecular flexibility index (Phi) is 3.71. The molecule has 3 heterocycles. The summed E-state index contributed by atoms with van der Waals surface area (Å²) in [6, 6.07) is 0. The van der Waals surface area contributed by atoms with E-state index in [1.807, 2.05) is 0 Å². The number of fused-ring (bicyclic) bond motifs is 1. The Morgan fingerprint density at radius 3 is 2.69 bits per heavy atom. The summed E-state index contributed by atoms with van der Waals surface area (Å²) in [5, 5.41) is 9.68. The summed E-state index contributed by atoms with van der Waals surface area (Å²) in [6.45, 7) is 1.58. The predicted octanol–water partition coefficient (Wildman–Crippen LogP) is -0.149. The van der Waals surface area contributed by atoms with Gasteiger partial charge in [-0.05, 0) is 25.3 Å². The Hall–Kier alpha value is -3.23. The number of carboxylic acids is 1. The number of carboxylic acid groups (broad SMARTS) is 1. The summed E-state index contributed by atoms with van der Waals surface area (Å²) in [7, 11) is 1.50. The second-order valence-corrected chi connectivity index (χ2v) is 6.25. The van der Waals surface area contributed by atoms with Crippen molar-refractivity contribution in [3.63, 3.8) is 0 Å². The standard InChI is InChI=1S/C17H15N5O4/c1-7-9-5-18-14(21-13(9)22-15(23)10(7)17(24)25)11-12(8-3-4-8)19-6-20-16(11)26-2/h5-6,8,10H,3-4H2,1-2H3,(H,24,25). The third-order valence-electron chi connectivity index (χ3n) is 4.56.